The molecule has 20 heavy (non-hydrogen) atoms. The third kappa shape index (κ3) is 3.46. The molecule has 3 N–H and O–H groups in total. The summed E-state index contributed by atoms with van der Waals surface area (Å²) in [5, 5.41) is 3.22. The maximum atomic E-state index is 5.66. The van der Waals surface area contributed by atoms with Gasteiger partial charge in [-0.15, -0.1) is 0 Å². The van der Waals surface area contributed by atoms with E-state index in [-0.39, 0.29) is 0 Å². The van der Waals surface area contributed by atoms with Gasteiger partial charge in [0.2, 0.25) is 0 Å². The number of ether oxygens (including phenoxy) is 1. The average Bonchev–Trinajstić information content (AvgIpc) is 2.38. The van der Waals surface area contributed by atoms with Crippen molar-refractivity contribution in [1.82, 2.24) is 4.98 Å². The van der Waals surface area contributed by atoms with E-state index < -0.39 is 0 Å². The number of rotatable bonds is 4. The van der Waals surface area contributed by atoms with Crippen molar-refractivity contribution in [2.75, 3.05) is 12.4 Å². The maximum Gasteiger partial charge on any atom is 0.133 e. The van der Waals surface area contributed by atoms with Gasteiger partial charge in [-0.1, -0.05) is 12.2 Å². The zero-order valence-corrected chi connectivity index (χ0v) is 13.5. The van der Waals surface area contributed by atoms with Gasteiger partial charge in [-0.2, -0.15) is 0 Å². The molecule has 0 bridgehead atoms. The molecule has 1 heterocycles. The minimum absolute atomic E-state index is 0.356. The van der Waals surface area contributed by atoms with Crippen LogP contribution in [0.15, 0.2) is 34.8 Å². The van der Waals surface area contributed by atoms with Gasteiger partial charge in [0, 0.05) is 16.9 Å². The minimum Gasteiger partial charge on any atom is -0.496 e. The number of aryl methyl sites for hydroxylation is 1. The second-order valence-corrected chi connectivity index (χ2v) is 5.52. The first kappa shape index (κ1) is 14.7. The number of thiocarbonyl (C=S) groups is 1. The molecule has 104 valence electrons. The summed E-state index contributed by atoms with van der Waals surface area (Å²) >= 11 is 8.44. The first-order valence-corrected chi connectivity index (χ1v) is 7.09. The highest BCUT2D eigenvalue weighted by molar-refractivity contribution is 9.10. The molecule has 0 spiro atoms. The van der Waals surface area contributed by atoms with E-state index >= 15 is 0 Å². The number of benzene rings is 1. The summed E-state index contributed by atoms with van der Waals surface area (Å²) in [6, 6.07) is 9.39. The molecule has 0 saturated heterocycles. The standard InChI is InChI=1S/C14H14BrN3OS/c1-8-5-9(14(16)20)6-13(17-8)18-10-3-4-12(19-2)11(15)7-10/h3-7H,1-2H3,(H2,16,20)(H,17,18). The Kier molecular flexibility index (Phi) is 4.57. The highest BCUT2D eigenvalue weighted by Gasteiger charge is 2.05. The average molecular weight is 352 g/mol. The van der Waals surface area contributed by atoms with Crippen LogP contribution in [0.3, 0.4) is 0 Å². The van der Waals surface area contributed by atoms with E-state index in [9.17, 15) is 0 Å². The van der Waals surface area contributed by atoms with Gasteiger partial charge >= 0.3 is 0 Å². The molecule has 0 fully saturated rings. The summed E-state index contributed by atoms with van der Waals surface area (Å²) in [6.45, 7) is 1.90. The van der Waals surface area contributed by atoms with E-state index in [0.717, 1.165) is 27.2 Å². The van der Waals surface area contributed by atoms with Gasteiger partial charge < -0.3 is 15.8 Å². The van der Waals surface area contributed by atoms with Crippen LogP contribution in [0, 0.1) is 6.92 Å². The Labute approximate surface area is 131 Å². The fourth-order valence-corrected chi connectivity index (χ4v) is 2.43. The Morgan fingerprint density at radius 2 is 2.10 bits per heavy atom. The van der Waals surface area contributed by atoms with E-state index in [1.54, 1.807) is 7.11 Å². The SMILES string of the molecule is COc1ccc(Nc2cc(C(N)=S)cc(C)n2)cc1Br. The molecule has 0 aliphatic heterocycles. The summed E-state index contributed by atoms with van der Waals surface area (Å²) in [6.07, 6.45) is 0. The molecule has 0 unspecified atom stereocenters. The fraction of sp³-hybridized carbons (Fsp3) is 0.143. The summed E-state index contributed by atoms with van der Waals surface area (Å²) in [4.78, 5) is 4.77. The number of halogens is 1. The number of nitrogens with zero attached hydrogens (tertiary/aromatic N) is 1. The van der Waals surface area contributed by atoms with Crippen molar-refractivity contribution < 1.29 is 4.74 Å². The normalized spacial score (nSPS) is 10.2. The van der Waals surface area contributed by atoms with Crippen molar-refractivity contribution >= 4 is 44.6 Å². The predicted octanol–water partition coefficient (Wildman–Crippen LogP) is 3.54. The lowest BCUT2D eigenvalue weighted by Crippen LogP contribution is -2.10. The first-order valence-electron chi connectivity index (χ1n) is 5.88. The van der Waals surface area contributed by atoms with E-state index in [1.165, 1.54) is 0 Å². The minimum atomic E-state index is 0.356. The zero-order valence-electron chi connectivity index (χ0n) is 11.1. The van der Waals surface area contributed by atoms with Crippen molar-refractivity contribution in [1.29, 1.82) is 0 Å². The molecule has 1 aromatic heterocycles. The number of nitrogens with one attached hydrogen (secondary N) is 1. The Morgan fingerprint density at radius 3 is 2.70 bits per heavy atom. The molecule has 0 radical (unpaired) electrons. The molecule has 0 aliphatic carbocycles. The van der Waals surface area contributed by atoms with E-state index in [2.05, 4.69) is 26.2 Å². The summed E-state index contributed by atoms with van der Waals surface area (Å²) < 4.78 is 6.06. The number of hydrogen-bond acceptors (Lipinski definition) is 4. The molecule has 0 amide bonds. The van der Waals surface area contributed by atoms with Crippen molar-refractivity contribution in [3.63, 3.8) is 0 Å². The lowest BCUT2D eigenvalue weighted by Gasteiger charge is -2.10. The van der Waals surface area contributed by atoms with Crippen LogP contribution in [0.1, 0.15) is 11.3 Å². The first-order chi connectivity index (χ1) is 9.49. The van der Waals surface area contributed by atoms with Gasteiger partial charge in [0.25, 0.3) is 0 Å². The van der Waals surface area contributed by atoms with Crippen LogP contribution < -0.4 is 15.8 Å². The second kappa shape index (κ2) is 6.19. The molecule has 1 aromatic carbocycles. The van der Waals surface area contributed by atoms with Crippen LogP contribution in [0.2, 0.25) is 0 Å². The highest BCUT2D eigenvalue weighted by atomic mass is 79.9. The van der Waals surface area contributed by atoms with Gasteiger partial charge in [-0.05, 0) is 53.2 Å². The summed E-state index contributed by atoms with van der Waals surface area (Å²) in [5.74, 6) is 1.47. The number of pyridine rings is 1. The van der Waals surface area contributed by atoms with Crippen LogP contribution in [0.5, 0.6) is 5.75 Å². The summed E-state index contributed by atoms with van der Waals surface area (Å²) in [5.41, 5.74) is 8.20. The topological polar surface area (TPSA) is 60.2 Å². The molecule has 0 saturated carbocycles. The highest BCUT2D eigenvalue weighted by Crippen LogP contribution is 2.29. The van der Waals surface area contributed by atoms with Crippen LogP contribution >= 0.6 is 28.1 Å². The second-order valence-electron chi connectivity index (χ2n) is 4.22. The molecule has 0 atom stereocenters. The number of nitrogens with two attached hydrogens (primary N) is 1. The van der Waals surface area contributed by atoms with Crippen LogP contribution in [0.25, 0.3) is 0 Å². The van der Waals surface area contributed by atoms with Gasteiger partial charge in [0.1, 0.15) is 16.6 Å². The number of anilines is 2. The smallest absolute Gasteiger partial charge is 0.133 e. The quantitative estimate of drug-likeness (QED) is 0.825. The molecule has 4 nitrogen and oxygen atoms in total. The molecular weight excluding hydrogens is 338 g/mol. The molecule has 0 aliphatic rings. The molecular formula is C14H14BrN3OS. The van der Waals surface area contributed by atoms with Gasteiger partial charge in [0.05, 0.1) is 11.6 Å². The van der Waals surface area contributed by atoms with Crippen molar-refractivity contribution in [2.45, 2.75) is 6.92 Å². The van der Waals surface area contributed by atoms with Gasteiger partial charge in [-0.25, -0.2) is 4.98 Å². The largest absolute Gasteiger partial charge is 0.496 e. The van der Waals surface area contributed by atoms with Gasteiger partial charge in [-0.3, -0.25) is 0 Å². The molecule has 6 heteroatoms. The number of hydrogen-bond donors (Lipinski definition) is 2. The van der Waals surface area contributed by atoms with Crippen LogP contribution in [-0.2, 0) is 0 Å². The third-order valence-electron chi connectivity index (χ3n) is 2.66. The van der Waals surface area contributed by atoms with Crippen molar-refractivity contribution in [3.8, 4) is 5.75 Å². The predicted molar refractivity (Wildman–Crippen MR) is 88.8 cm³/mol. The molecule has 2 rings (SSSR count). The lowest BCUT2D eigenvalue weighted by molar-refractivity contribution is 0.412. The Hall–Kier alpha value is -1.66. The van der Waals surface area contributed by atoms with E-state index in [0.29, 0.717) is 10.8 Å². The zero-order chi connectivity index (χ0) is 14.7. The van der Waals surface area contributed by atoms with Crippen molar-refractivity contribution in [3.05, 3.63) is 46.1 Å². The third-order valence-corrected chi connectivity index (χ3v) is 3.52. The van der Waals surface area contributed by atoms with Crippen LogP contribution in [0.4, 0.5) is 11.5 Å². The number of aromatic nitrogens is 1. The molecule has 2 aromatic rings. The Bertz CT molecular complexity index is 661. The van der Waals surface area contributed by atoms with Crippen molar-refractivity contribution in [2.24, 2.45) is 5.73 Å². The van der Waals surface area contributed by atoms with Gasteiger partial charge in [0.15, 0.2) is 0 Å². The Morgan fingerprint density at radius 1 is 1.35 bits per heavy atom. The van der Waals surface area contributed by atoms with E-state index in [4.69, 9.17) is 22.7 Å². The number of methoxy groups -OCH3 is 1. The maximum absolute atomic E-state index is 5.66. The fourth-order valence-electron chi connectivity index (χ4n) is 1.77. The van der Waals surface area contributed by atoms with Crippen LogP contribution in [-0.4, -0.2) is 17.1 Å². The summed E-state index contributed by atoms with van der Waals surface area (Å²) in [7, 11) is 1.63. The Balaban J connectivity index is 2.30. The lowest BCUT2D eigenvalue weighted by atomic mass is 10.2. The van der Waals surface area contributed by atoms with E-state index in [1.807, 2.05) is 37.3 Å². The monoisotopic (exact) mass is 351 g/mol.